The molecule has 2 aromatic rings. The van der Waals surface area contributed by atoms with E-state index in [-0.39, 0.29) is 17.2 Å². The number of aromatic nitrogens is 4. The van der Waals surface area contributed by atoms with Gasteiger partial charge in [0.05, 0.1) is 5.70 Å². The molecule has 0 aromatic carbocycles. The van der Waals surface area contributed by atoms with Gasteiger partial charge in [-0.25, -0.2) is 4.79 Å². The van der Waals surface area contributed by atoms with Gasteiger partial charge in [-0.15, -0.1) is 0 Å². The van der Waals surface area contributed by atoms with Crippen LogP contribution < -0.4 is 4.90 Å². The normalized spacial score (nSPS) is 18.9. The van der Waals surface area contributed by atoms with E-state index in [1.807, 2.05) is 12.2 Å². The molecule has 1 N–H and O–H groups in total. The van der Waals surface area contributed by atoms with Crippen LogP contribution in [0.25, 0.3) is 5.70 Å². The molecule has 0 saturated carbocycles. The highest BCUT2D eigenvalue weighted by Gasteiger charge is 2.35. The Hall–Kier alpha value is -2.58. The molecule has 2 aliphatic rings. The molecule has 4 rings (SSSR count). The molecule has 182 valence electrons. The van der Waals surface area contributed by atoms with Crippen LogP contribution in [0.2, 0.25) is 5.28 Å². The average molecular weight is 505 g/mol. The summed E-state index contributed by atoms with van der Waals surface area (Å²) in [4.78, 5) is 28.5. The number of aromatic amines is 1. The van der Waals surface area contributed by atoms with Crippen molar-refractivity contribution in [3.8, 4) is 0 Å². The fourth-order valence-corrected chi connectivity index (χ4v) is 4.80. The van der Waals surface area contributed by atoms with Crippen LogP contribution in [0, 0.1) is 5.92 Å². The van der Waals surface area contributed by atoms with E-state index in [0.29, 0.717) is 54.9 Å². The summed E-state index contributed by atoms with van der Waals surface area (Å²) in [7, 11) is 0. The molecule has 10 heteroatoms. The SMILES string of the molecule is C=C1c2[nH]c(Cl)nc2N(CCCC)C(=O)N1CCCc1nc(C(CC)C2C=CC(Cl)=CC2)no1. The third-order valence-corrected chi connectivity index (χ3v) is 6.81. The van der Waals surface area contributed by atoms with Gasteiger partial charge in [0, 0.05) is 30.5 Å². The van der Waals surface area contributed by atoms with Crippen LogP contribution in [0.4, 0.5) is 10.6 Å². The van der Waals surface area contributed by atoms with Gasteiger partial charge in [0.1, 0.15) is 5.69 Å². The van der Waals surface area contributed by atoms with E-state index in [4.69, 9.17) is 27.7 Å². The van der Waals surface area contributed by atoms with Crippen molar-refractivity contribution in [2.75, 3.05) is 18.0 Å². The van der Waals surface area contributed by atoms with E-state index in [1.165, 1.54) is 0 Å². The van der Waals surface area contributed by atoms with Crippen LogP contribution in [0.1, 0.15) is 69.3 Å². The standard InChI is InChI=1S/C24H30Cl2N6O2/c1-4-6-13-32-22-20(28-23(26)29-22)15(3)31(24(32)33)14-7-8-19-27-21(30-34-19)18(5-2)16-9-11-17(25)12-10-16/h9,11-12,16,18H,3-8,10,13-14H2,1-2H3,(H,28,29). The predicted octanol–water partition coefficient (Wildman–Crippen LogP) is 6.28. The zero-order chi connectivity index (χ0) is 24.2. The van der Waals surface area contributed by atoms with Crippen molar-refractivity contribution in [3.63, 3.8) is 0 Å². The topological polar surface area (TPSA) is 91.2 Å². The summed E-state index contributed by atoms with van der Waals surface area (Å²) in [6.45, 7) is 9.38. The Kier molecular flexibility index (Phi) is 7.78. The smallest absolute Gasteiger partial charge is 0.330 e. The average Bonchev–Trinajstić information content (AvgIpc) is 3.44. The molecule has 34 heavy (non-hydrogen) atoms. The highest BCUT2D eigenvalue weighted by molar-refractivity contribution is 6.31. The number of nitrogens with zero attached hydrogens (tertiary/aromatic N) is 5. The number of anilines is 1. The van der Waals surface area contributed by atoms with Crippen molar-refractivity contribution >= 4 is 40.7 Å². The number of rotatable bonds is 10. The number of fused-ring (bicyclic) bond motifs is 1. The number of unbranched alkanes of at least 4 members (excludes halogenated alkanes) is 1. The number of halogens is 2. The van der Waals surface area contributed by atoms with Gasteiger partial charge < -0.3 is 9.51 Å². The minimum absolute atomic E-state index is 0.137. The highest BCUT2D eigenvalue weighted by atomic mass is 35.5. The fraction of sp³-hybridized carbons (Fsp3) is 0.500. The summed E-state index contributed by atoms with van der Waals surface area (Å²) in [6.07, 6.45) is 10.9. The first kappa shape index (κ1) is 24.5. The Morgan fingerprint density at radius 2 is 2.03 bits per heavy atom. The lowest BCUT2D eigenvalue weighted by molar-refractivity contribution is 0.221. The molecule has 8 nitrogen and oxygen atoms in total. The summed E-state index contributed by atoms with van der Waals surface area (Å²) in [5.74, 6) is 2.32. The second kappa shape index (κ2) is 10.8. The molecule has 2 unspecified atom stereocenters. The molecule has 2 amide bonds. The number of imidazole rings is 1. The van der Waals surface area contributed by atoms with Crippen LogP contribution in [0.3, 0.4) is 0 Å². The first-order valence-electron chi connectivity index (χ1n) is 11.8. The number of urea groups is 1. The Morgan fingerprint density at radius 1 is 1.24 bits per heavy atom. The second-order valence-corrected chi connectivity index (χ2v) is 9.42. The monoisotopic (exact) mass is 504 g/mol. The van der Waals surface area contributed by atoms with Gasteiger partial charge in [-0.3, -0.25) is 9.80 Å². The Bertz CT molecular complexity index is 1100. The zero-order valence-electron chi connectivity index (χ0n) is 19.6. The first-order chi connectivity index (χ1) is 16.4. The van der Waals surface area contributed by atoms with Crippen molar-refractivity contribution in [2.24, 2.45) is 5.92 Å². The summed E-state index contributed by atoms with van der Waals surface area (Å²) >= 11 is 12.2. The maximum absolute atomic E-state index is 13.2. The first-order valence-corrected chi connectivity index (χ1v) is 12.6. The molecular formula is C24H30Cl2N6O2. The number of carbonyl (C=O) groups is 1. The highest BCUT2D eigenvalue weighted by Crippen LogP contribution is 2.35. The minimum Gasteiger partial charge on any atom is -0.339 e. The quantitative estimate of drug-likeness (QED) is 0.410. The lowest BCUT2D eigenvalue weighted by atomic mass is 9.84. The molecule has 0 radical (unpaired) electrons. The van der Waals surface area contributed by atoms with Gasteiger partial charge in [-0.05, 0) is 49.3 Å². The van der Waals surface area contributed by atoms with Gasteiger partial charge in [-0.2, -0.15) is 9.97 Å². The van der Waals surface area contributed by atoms with Crippen LogP contribution in [0.15, 0.2) is 34.4 Å². The van der Waals surface area contributed by atoms with Crippen molar-refractivity contribution in [2.45, 2.75) is 58.3 Å². The molecule has 1 aliphatic carbocycles. The van der Waals surface area contributed by atoms with Gasteiger partial charge in [0.25, 0.3) is 0 Å². The maximum atomic E-state index is 13.2. The number of aryl methyl sites for hydroxylation is 1. The molecule has 1 aliphatic heterocycles. The molecule has 2 atom stereocenters. The van der Waals surface area contributed by atoms with Crippen molar-refractivity contribution in [3.05, 3.63) is 52.5 Å². The van der Waals surface area contributed by atoms with Crippen LogP contribution >= 0.6 is 23.2 Å². The van der Waals surface area contributed by atoms with Crippen LogP contribution in [-0.4, -0.2) is 44.1 Å². The molecule has 0 spiro atoms. The molecule has 0 saturated heterocycles. The third kappa shape index (κ3) is 5.08. The van der Waals surface area contributed by atoms with Crippen molar-refractivity contribution < 1.29 is 9.32 Å². The zero-order valence-corrected chi connectivity index (χ0v) is 21.1. The maximum Gasteiger partial charge on any atom is 0.330 e. The number of hydrogen-bond donors (Lipinski definition) is 1. The minimum atomic E-state index is -0.137. The number of carbonyl (C=O) groups excluding carboxylic acids is 1. The van der Waals surface area contributed by atoms with Gasteiger partial charge in [-0.1, -0.05) is 55.8 Å². The summed E-state index contributed by atoms with van der Waals surface area (Å²) in [6, 6.07) is -0.137. The van der Waals surface area contributed by atoms with Gasteiger partial charge in [0.15, 0.2) is 11.6 Å². The Balaban J connectivity index is 1.39. The van der Waals surface area contributed by atoms with Crippen molar-refractivity contribution in [1.82, 2.24) is 25.0 Å². The van der Waals surface area contributed by atoms with E-state index in [2.05, 4.69) is 46.6 Å². The molecular weight excluding hydrogens is 475 g/mol. The van der Waals surface area contributed by atoms with Gasteiger partial charge in [0.2, 0.25) is 11.2 Å². The van der Waals surface area contributed by atoms with Gasteiger partial charge >= 0.3 is 6.03 Å². The summed E-state index contributed by atoms with van der Waals surface area (Å²) < 4.78 is 5.54. The summed E-state index contributed by atoms with van der Waals surface area (Å²) in [5, 5.41) is 5.26. The van der Waals surface area contributed by atoms with E-state index in [9.17, 15) is 4.79 Å². The Labute approximate surface area is 209 Å². The number of amides is 2. The fourth-order valence-electron chi connectivity index (χ4n) is 4.46. The number of hydrogen-bond acceptors (Lipinski definition) is 5. The predicted molar refractivity (Wildman–Crippen MR) is 134 cm³/mol. The lowest BCUT2D eigenvalue weighted by Crippen LogP contribution is -2.47. The van der Waals surface area contributed by atoms with E-state index in [1.54, 1.807) is 9.80 Å². The van der Waals surface area contributed by atoms with Crippen LogP contribution in [-0.2, 0) is 6.42 Å². The van der Waals surface area contributed by atoms with E-state index >= 15 is 0 Å². The van der Waals surface area contributed by atoms with Crippen molar-refractivity contribution in [1.29, 1.82) is 0 Å². The molecule has 2 aromatic heterocycles. The number of nitrogens with one attached hydrogen (secondary N) is 1. The van der Waals surface area contributed by atoms with E-state index in [0.717, 1.165) is 36.5 Å². The molecule has 0 fully saturated rings. The number of H-pyrrole nitrogens is 1. The van der Waals surface area contributed by atoms with Crippen LogP contribution in [0.5, 0.6) is 0 Å². The largest absolute Gasteiger partial charge is 0.339 e. The molecule has 3 heterocycles. The third-order valence-electron chi connectivity index (χ3n) is 6.36. The Morgan fingerprint density at radius 3 is 2.74 bits per heavy atom. The molecule has 0 bridgehead atoms. The second-order valence-electron chi connectivity index (χ2n) is 8.62. The lowest BCUT2D eigenvalue weighted by Gasteiger charge is -2.35. The summed E-state index contributed by atoms with van der Waals surface area (Å²) in [5.41, 5.74) is 1.25. The van der Waals surface area contributed by atoms with E-state index < -0.39 is 0 Å². The number of allylic oxidation sites excluding steroid dienone is 4.